The van der Waals surface area contributed by atoms with Gasteiger partial charge >= 0.3 is 5.97 Å². The van der Waals surface area contributed by atoms with Crippen molar-refractivity contribution in [3.63, 3.8) is 0 Å². The van der Waals surface area contributed by atoms with Gasteiger partial charge in [-0.2, -0.15) is 0 Å². The molecule has 0 radical (unpaired) electrons. The number of aryl methyl sites for hydroxylation is 1. The minimum atomic E-state index is -0.691. The monoisotopic (exact) mass is 383 g/mol. The molecule has 0 spiro atoms. The zero-order valence-corrected chi connectivity index (χ0v) is 16.1. The topological polar surface area (TPSA) is 86.9 Å². The Morgan fingerprint density at radius 1 is 0.929 bits per heavy atom. The predicted molar refractivity (Wildman–Crippen MR) is 104 cm³/mol. The van der Waals surface area contributed by atoms with Crippen LogP contribution in [0.2, 0.25) is 0 Å². The number of carbonyl (C=O) groups is 2. The van der Waals surface area contributed by atoms with Gasteiger partial charge in [-0.05, 0) is 25.1 Å². The fourth-order valence-electron chi connectivity index (χ4n) is 3.18. The average Bonchev–Trinajstić information content (AvgIpc) is 3.06. The Kier molecular flexibility index (Phi) is 5.54. The van der Waals surface area contributed by atoms with Crippen LogP contribution in [0, 0.1) is 6.92 Å². The number of aromatic nitrogens is 1. The molecule has 7 heteroatoms. The molecular formula is C21H21NO6. The van der Waals surface area contributed by atoms with Crippen molar-refractivity contribution in [3.8, 4) is 17.2 Å². The summed E-state index contributed by atoms with van der Waals surface area (Å²) < 4.78 is 21.0. The van der Waals surface area contributed by atoms with Gasteiger partial charge in [-0.1, -0.05) is 18.2 Å². The number of methoxy groups -OCH3 is 3. The Bertz CT molecular complexity index is 1040. The van der Waals surface area contributed by atoms with E-state index in [9.17, 15) is 9.59 Å². The average molecular weight is 383 g/mol. The van der Waals surface area contributed by atoms with Crippen molar-refractivity contribution in [1.29, 1.82) is 0 Å². The molecule has 146 valence electrons. The second-order valence-corrected chi connectivity index (χ2v) is 6.05. The van der Waals surface area contributed by atoms with Crippen LogP contribution in [0.4, 0.5) is 0 Å². The molecule has 0 unspecified atom stereocenters. The molecule has 28 heavy (non-hydrogen) atoms. The first-order valence-electron chi connectivity index (χ1n) is 8.58. The molecule has 0 saturated carbocycles. The fraction of sp³-hybridized carbons (Fsp3) is 0.238. The van der Waals surface area contributed by atoms with Crippen LogP contribution in [0.1, 0.15) is 26.4 Å². The molecule has 1 N–H and O–H groups in total. The van der Waals surface area contributed by atoms with Crippen molar-refractivity contribution in [2.24, 2.45) is 0 Å². The molecule has 0 saturated heterocycles. The lowest BCUT2D eigenvalue weighted by molar-refractivity contribution is 0.0471. The van der Waals surface area contributed by atoms with Crippen molar-refractivity contribution in [3.05, 3.63) is 53.2 Å². The largest absolute Gasteiger partial charge is 0.493 e. The molecule has 0 aliphatic carbocycles. The van der Waals surface area contributed by atoms with Crippen LogP contribution in [-0.4, -0.2) is 44.7 Å². The summed E-state index contributed by atoms with van der Waals surface area (Å²) in [4.78, 5) is 28.4. The lowest BCUT2D eigenvalue weighted by Gasteiger charge is -2.15. The maximum atomic E-state index is 12.7. The van der Waals surface area contributed by atoms with Crippen LogP contribution >= 0.6 is 0 Å². The van der Waals surface area contributed by atoms with Crippen molar-refractivity contribution < 1.29 is 28.5 Å². The summed E-state index contributed by atoms with van der Waals surface area (Å²) in [6.07, 6.45) is 0. The second kappa shape index (κ2) is 8.04. The highest BCUT2D eigenvalue weighted by atomic mass is 16.5. The second-order valence-electron chi connectivity index (χ2n) is 6.05. The van der Waals surface area contributed by atoms with Crippen molar-refractivity contribution in [2.45, 2.75) is 6.92 Å². The van der Waals surface area contributed by atoms with Crippen LogP contribution in [0.5, 0.6) is 17.2 Å². The molecule has 0 aliphatic heterocycles. The molecule has 0 bridgehead atoms. The normalized spacial score (nSPS) is 10.6. The van der Waals surface area contributed by atoms with E-state index in [2.05, 4.69) is 4.98 Å². The van der Waals surface area contributed by atoms with Gasteiger partial charge in [0.1, 0.15) is 5.56 Å². The van der Waals surface area contributed by atoms with Gasteiger partial charge in [-0.25, -0.2) is 4.79 Å². The lowest BCUT2D eigenvalue weighted by Crippen LogP contribution is -2.16. The molecule has 3 aromatic rings. The number of ketones is 1. The molecule has 1 heterocycles. The molecule has 0 amide bonds. The Morgan fingerprint density at radius 2 is 1.64 bits per heavy atom. The third kappa shape index (κ3) is 3.38. The number of carbonyl (C=O) groups excluding carboxylic acids is 2. The number of Topliss-reactive ketones (excluding diaryl/α,β-unsaturated/α-hetero) is 1. The highest BCUT2D eigenvalue weighted by Gasteiger charge is 2.23. The van der Waals surface area contributed by atoms with Crippen molar-refractivity contribution in [2.75, 3.05) is 27.9 Å². The van der Waals surface area contributed by atoms with E-state index >= 15 is 0 Å². The van der Waals surface area contributed by atoms with E-state index in [4.69, 9.17) is 18.9 Å². The number of H-pyrrole nitrogens is 1. The van der Waals surface area contributed by atoms with E-state index in [1.807, 2.05) is 31.2 Å². The van der Waals surface area contributed by atoms with Crippen LogP contribution in [-0.2, 0) is 4.74 Å². The van der Waals surface area contributed by atoms with E-state index in [-0.39, 0.29) is 29.5 Å². The number of benzene rings is 2. The van der Waals surface area contributed by atoms with Gasteiger partial charge in [0.2, 0.25) is 11.5 Å². The van der Waals surface area contributed by atoms with Crippen LogP contribution in [0.3, 0.4) is 0 Å². The number of aromatic amines is 1. The smallest absolute Gasteiger partial charge is 0.342 e. The van der Waals surface area contributed by atoms with E-state index in [0.29, 0.717) is 11.3 Å². The summed E-state index contributed by atoms with van der Waals surface area (Å²) in [5, 5.41) is 0.796. The van der Waals surface area contributed by atoms with Gasteiger partial charge in [0.15, 0.2) is 18.1 Å². The number of fused-ring (bicyclic) bond motifs is 1. The number of hydrogen-bond acceptors (Lipinski definition) is 6. The summed E-state index contributed by atoms with van der Waals surface area (Å²) in [5.41, 5.74) is 2.24. The summed E-state index contributed by atoms with van der Waals surface area (Å²) in [5.74, 6) is -0.103. The first kappa shape index (κ1) is 19.3. The minimum absolute atomic E-state index is 0.142. The van der Waals surface area contributed by atoms with Crippen molar-refractivity contribution >= 4 is 22.7 Å². The fourth-order valence-corrected chi connectivity index (χ4v) is 3.18. The molecule has 0 fully saturated rings. The molecule has 3 rings (SSSR count). The highest BCUT2D eigenvalue weighted by Crippen LogP contribution is 2.40. The summed E-state index contributed by atoms with van der Waals surface area (Å²) >= 11 is 0. The SMILES string of the molecule is COc1ccc(C(=O)OCC(=O)c2c(C)[nH]c3ccccc23)c(OC)c1OC. The van der Waals surface area contributed by atoms with Crippen molar-refractivity contribution in [1.82, 2.24) is 4.98 Å². The molecule has 0 aliphatic rings. The van der Waals surface area contributed by atoms with Crippen LogP contribution < -0.4 is 14.2 Å². The number of esters is 1. The summed E-state index contributed by atoms with van der Waals surface area (Å²) in [6, 6.07) is 10.6. The van der Waals surface area contributed by atoms with E-state index in [1.165, 1.54) is 27.4 Å². The van der Waals surface area contributed by atoms with Gasteiger partial charge in [-0.3, -0.25) is 4.79 Å². The zero-order valence-electron chi connectivity index (χ0n) is 16.1. The number of nitrogens with one attached hydrogen (secondary N) is 1. The highest BCUT2D eigenvalue weighted by molar-refractivity contribution is 6.10. The van der Waals surface area contributed by atoms with Crippen LogP contribution in [0.25, 0.3) is 10.9 Å². The number of ether oxygens (including phenoxy) is 4. The van der Waals surface area contributed by atoms with E-state index in [1.54, 1.807) is 6.07 Å². The minimum Gasteiger partial charge on any atom is -0.493 e. The number of hydrogen-bond donors (Lipinski definition) is 1. The van der Waals surface area contributed by atoms with Gasteiger partial charge in [0.05, 0.1) is 21.3 Å². The summed E-state index contributed by atoms with van der Waals surface area (Å²) in [6.45, 7) is 1.42. The number of para-hydroxylation sites is 1. The molecular weight excluding hydrogens is 362 g/mol. The van der Waals surface area contributed by atoms with Gasteiger partial charge < -0.3 is 23.9 Å². The van der Waals surface area contributed by atoms with E-state index in [0.717, 1.165) is 16.6 Å². The molecule has 2 aromatic carbocycles. The number of rotatable bonds is 7. The van der Waals surface area contributed by atoms with Crippen LogP contribution in [0.15, 0.2) is 36.4 Å². The lowest BCUT2D eigenvalue weighted by atomic mass is 10.1. The maximum absolute atomic E-state index is 12.7. The Morgan fingerprint density at radius 3 is 2.32 bits per heavy atom. The molecule has 1 aromatic heterocycles. The molecule has 7 nitrogen and oxygen atoms in total. The Balaban J connectivity index is 1.82. The third-order valence-corrected chi connectivity index (χ3v) is 4.43. The first-order chi connectivity index (χ1) is 13.5. The third-order valence-electron chi connectivity index (χ3n) is 4.43. The van der Waals surface area contributed by atoms with Gasteiger partial charge in [0, 0.05) is 22.2 Å². The van der Waals surface area contributed by atoms with Gasteiger partial charge in [0.25, 0.3) is 0 Å². The summed E-state index contributed by atoms with van der Waals surface area (Å²) in [7, 11) is 4.34. The van der Waals surface area contributed by atoms with Gasteiger partial charge in [-0.15, -0.1) is 0 Å². The standard InChI is InChI=1S/C21H21NO6/c1-12-18(13-7-5-6-8-15(13)22-12)16(23)11-28-21(24)14-9-10-17(25-2)20(27-4)19(14)26-3/h5-10,22H,11H2,1-4H3. The Labute approximate surface area is 162 Å². The zero-order chi connectivity index (χ0) is 20.3. The van der Waals surface area contributed by atoms with E-state index < -0.39 is 5.97 Å². The quantitative estimate of drug-likeness (QED) is 0.496. The maximum Gasteiger partial charge on any atom is 0.342 e. The first-order valence-corrected chi connectivity index (χ1v) is 8.58. The molecule has 0 atom stereocenters. The predicted octanol–water partition coefficient (Wildman–Crippen LogP) is 3.54. The Hall–Kier alpha value is -3.48.